The van der Waals surface area contributed by atoms with Crippen molar-refractivity contribution in [2.45, 2.75) is 18.9 Å². The predicted octanol–water partition coefficient (Wildman–Crippen LogP) is 0.900. The number of fused-ring (bicyclic) bond motifs is 2. The highest BCUT2D eigenvalue weighted by Gasteiger charge is 2.41. The van der Waals surface area contributed by atoms with Crippen LogP contribution >= 0.6 is 0 Å². The SMILES string of the molecule is O=C1N[C@@H]2Cc3ccccc3C[C@H]12. The summed E-state index contributed by atoms with van der Waals surface area (Å²) in [6.45, 7) is 0. The molecule has 1 aliphatic carbocycles. The topological polar surface area (TPSA) is 29.1 Å². The lowest BCUT2D eigenvalue weighted by Crippen LogP contribution is -2.61. The van der Waals surface area contributed by atoms with E-state index in [0.717, 1.165) is 12.8 Å². The van der Waals surface area contributed by atoms with Gasteiger partial charge < -0.3 is 5.32 Å². The first-order valence-electron chi connectivity index (χ1n) is 4.72. The number of β-lactam (4-membered cyclic amide) rings is 1. The summed E-state index contributed by atoms with van der Waals surface area (Å²) < 4.78 is 0. The molecule has 1 aliphatic heterocycles. The fraction of sp³-hybridized carbons (Fsp3) is 0.364. The Bertz CT molecular complexity index is 372. The minimum Gasteiger partial charge on any atom is -0.352 e. The van der Waals surface area contributed by atoms with Gasteiger partial charge in [-0.3, -0.25) is 4.79 Å². The molecule has 2 heteroatoms. The number of rotatable bonds is 0. The van der Waals surface area contributed by atoms with E-state index in [-0.39, 0.29) is 11.8 Å². The molecule has 3 rings (SSSR count). The Labute approximate surface area is 77.0 Å². The van der Waals surface area contributed by atoms with Gasteiger partial charge in [-0.2, -0.15) is 0 Å². The van der Waals surface area contributed by atoms with Crippen molar-refractivity contribution in [3.05, 3.63) is 35.4 Å². The van der Waals surface area contributed by atoms with Crippen molar-refractivity contribution in [2.24, 2.45) is 5.92 Å². The van der Waals surface area contributed by atoms with Gasteiger partial charge in [0.15, 0.2) is 0 Å². The number of carbonyl (C=O) groups is 1. The molecule has 1 aromatic carbocycles. The van der Waals surface area contributed by atoms with Crippen LogP contribution < -0.4 is 5.32 Å². The number of benzene rings is 1. The number of nitrogens with one attached hydrogen (secondary N) is 1. The number of hydrogen-bond acceptors (Lipinski definition) is 1. The monoisotopic (exact) mass is 173 g/mol. The van der Waals surface area contributed by atoms with Crippen LogP contribution in [0.5, 0.6) is 0 Å². The van der Waals surface area contributed by atoms with Gasteiger partial charge in [0.2, 0.25) is 5.91 Å². The number of carbonyl (C=O) groups excluding carboxylic acids is 1. The standard InChI is InChI=1S/C11H11NO/c13-11-9-5-7-3-1-2-4-8(7)6-10(9)12-11/h1-4,9-10H,5-6H2,(H,12,13)/t9-,10+/m0/s1. The number of hydrogen-bond donors (Lipinski definition) is 1. The van der Waals surface area contributed by atoms with Crippen LogP contribution in [-0.4, -0.2) is 11.9 Å². The Morgan fingerprint density at radius 3 is 2.54 bits per heavy atom. The first-order chi connectivity index (χ1) is 6.34. The van der Waals surface area contributed by atoms with Crippen LogP contribution in [0.1, 0.15) is 11.1 Å². The Kier molecular flexibility index (Phi) is 1.29. The molecule has 1 heterocycles. The van der Waals surface area contributed by atoms with Crippen molar-refractivity contribution in [1.29, 1.82) is 0 Å². The second kappa shape index (κ2) is 2.34. The maximum absolute atomic E-state index is 11.2. The molecule has 13 heavy (non-hydrogen) atoms. The number of amides is 1. The van der Waals surface area contributed by atoms with Gasteiger partial charge in [0.05, 0.1) is 5.92 Å². The van der Waals surface area contributed by atoms with Crippen LogP contribution in [0.4, 0.5) is 0 Å². The average Bonchev–Trinajstić information content (AvgIpc) is 2.16. The molecule has 2 aliphatic rings. The smallest absolute Gasteiger partial charge is 0.225 e. The molecule has 0 bridgehead atoms. The molecule has 1 aromatic rings. The predicted molar refractivity (Wildman–Crippen MR) is 49.3 cm³/mol. The van der Waals surface area contributed by atoms with Gasteiger partial charge >= 0.3 is 0 Å². The van der Waals surface area contributed by atoms with Crippen molar-refractivity contribution in [3.63, 3.8) is 0 Å². The average molecular weight is 173 g/mol. The zero-order chi connectivity index (χ0) is 8.84. The minimum atomic E-state index is 0.236. The molecule has 0 spiro atoms. The summed E-state index contributed by atoms with van der Waals surface area (Å²) in [5.74, 6) is 0.495. The first-order valence-corrected chi connectivity index (χ1v) is 4.72. The molecule has 1 amide bonds. The molecule has 1 saturated heterocycles. The van der Waals surface area contributed by atoms with E-state index < -0.39 is 0 Å². The fourth-order valence-corrected chi connectivity index (χ4v) is 2.33. The van der Waals surface area contributed by atoms with Crippen LogP contribution in [0.25, 0.3) is 0 Å². The molecule has 0 radical (unpaired) electrons. The summed E-state index contributed by atoms with van der Waals surface area (Å²) in [6.07, 6.45) is 1.96. The van der Waals surface area contributed by atoms with Gasteiger partial charge in [-0.15, -0.1) is 0 Å². The van der Waals surface area contributed by atoms with Gasteiger partial charge in [0.1, 0.15) is 0 Å². The summed E-state index contributed by atoms with van der Waals surface area (Å²) in [5, 5.41) is 2.95. The summed E-state index contributed by atoms with van der Waals surface area (Å²) in [4.78, 5) is 11.2. The summed E-state index contributed by atoms with van der Waals surface area (Å²) >= 11 is 0. The molecular formula is C11H11NO. The van der Waals surface area contributed by atoms with E-state index in [0.29, 0.717) is 6.04 Å². The third-order valence-electron chi connectivity index (χ3n) is 3.15. The Hall–Kier alpha value is -1.31. The highest BCUT2D eigenvalue weighted by atomic mass is 16.2. The van der Waals surface area contributed by atoms with Crippen LogP contribution in [-0.2, 0) is 17.6 Å². The van der Waals surface area contributed by atoms with Crippen LogP contribution in [0.3, 0.4) is 0 Å². The Balaban J connectivity index is 1.99. The molecular weight excluding hydrogens is 162 g/mol. The highest BCUT2D eigenvalue weighted by Crippen LogP contribution is 2.30. The highest BCUT2D eigenvalue weighted by molar-refractivity contribution is 5.86. The summed E-state index contributed by atoms with van der Waals surface area (Å²) in [6, 6.07) is 8.84. The lowest BCUT2D eigenvalue weighted by Gasteiger charge is -2.41. The van der Waals surface area contributed by atoms with Gasteiger partial charge in [0, 0.05) is 6.04 Å². The molecule has 0 saturated carbocycles. The summed E-state index contributed by atoms with van der Waals surface area (Å²) in [5.41, 5.74) is 2.77. The normalized spacial score (nSPS) is 29.7. The maximum Gasteiger partial charge on any atom is 0.225 e. The van der Waals surface area contributed by atoms with E-state index >= 15 is 0 Å². The zero-order valence-corrected chi connectivity index (χ0v) is 7.29. The van der Waals surface area contributed by atoms with Crippen LogP contribution in [0.2, 0.25) is 0 Å². The van der Waals surface area contributed by atoms with E-state index in [1.54, 1.807) is 0 Å². The Morgan fingerprint density at radius 2 is 1.85 bits per heavy atom. The lowest BCUT2D eigenvalue weighted by atomic mass is 9.75. The van der Waals surface area contributed by atoms with E-state index in [9.17, 15) is 4.79 Å². The molecule has 66 valence electrons. The third-order valence-corrected chi connectivity index (χ3v) is 3.15. The van der Waals surface area contributed by atoms with E-state index in [2.05, 4.69) is 29.6 Å². The quantitative estimate of drug-likeness (QED) is 0.580. The van der Waals surface area contributed by atoms with E-state index in [1.165, 1.54) is 11.1 Å². The minimum absolute atomic E-state index is 0.236. The van der Waals surface area contributed by atoms with Gasteiger partial charge in [-0.05, 0) is 24.0 Å². The molecule has 2 atom stereocenters. The molecule has 0 unspecified atom stereocenters. The van der Waals surface area contributed by atoms with E-state index in [4.69, 9.17) is 0 Å². The third kappa shape index (κ3) is 0.916. The molecule has 1 N–H and O–H groups in total. The van der Waals surface area contributed by atoms with Gasteiger partial charge in [-0.1, -0.05) is 24.3 Å². The second-order valence-electron chi connectivity index (χ2n) is 3.90. The van der Waals surface area contributed by atoms with Gasteiger partial charge in [-0.25, -0.2) is 0 Å². The maximum atomic E-state index is 11.2. The molecule has 1 fully saturated rings. The van der Waals surface area contributed by atoms with Gasteiger partial charge in [0.25, 0.3) is 0 Å². The second-order valence-corrected chi connectivity index (χ2v) is 3.90. The molecule has 0 aromatic heterocycles. The van der Waals surface area contributed by atoms with Crippen molar-refractivity contribution >= 4 is 5.91 Å². The van der Waals surface area contributed by atoms with Crippen LogP contribution in [0.15, 0.2) is 24.3 Å². The molecule has 2 nitrogen and oxygen atoms in total. The summed E-state index contributed by atoms with van der Waals surface area (Å²) in [7, 11) is 0. The van der Waals surface area contributed by atoms with Crippen LogP contribution in [0, 0.1) is 5.92 Å². The largest absolute Gasteiger partial charge is 0.352 e. The fourth-order valence-electron chi connectivity index (χ4n) is 2.33. The lowest BCUT2D eigenvalue weighted by molar-refractivity contribution is -0.135. The zero-order valence-electron chi connectivity index (χ0n) is 7.29. The van der Waals surface area contributed by atoms with Crippen molar-refractivity contribution < 1.29 is 4.79 Å². The first kappa shape index (κ1) is 7.13. The van der Waals surface area contributed by atoms with Crippen molar-refractivity contribution in [3.8, 4) is 0 Å². The Morgan fingerprint density at radius 1 is 1.15 bits per heavy atom. The van der Waals surface area contributed by atoms with E-state index in [1.807, 2.05) is 0 Å². The van der Waals surface area contributed by atoms with Crippen molar-refractivity contribution in [2.75, 3.05) is 0 Å². The van der Waals surface area contributed by atoms with Crippen molar-refractivity contribution in [1.82, 2.24) is 5.32 Å².